The number of aromatic nitrogens is 1. The van der Waals surface area contributed by atoms with E-state index < -0.39 is 0 Å². The molecule has 3 rings (SSSR count). The lowest BCUT2D eigenvalue weighted by molar-refractivity contribution is -0.134. The molecule has 0 radical (unpaired) electrons. The zero-order chi connectivity index (χ0) is 19.4. The Kier molecular flexibility index (Phi) is 6.34. The number of hydrogen-bond donors (Lipinski definition) is 0. The molecular weight excluding hydrogens is 362 g/mol. The Morgan fingerprint density at radius 1 is 1.26 bits per heavy atom. The first-order valence-corrected chi connectivity index (χ1v) is 10.0. The molecule has 2 aromatic rings. The summed E-state index contributed by atoms with van der Waals surface area (Å²) in [5.41, 5.74) is 2.00. The third-order valence-electron chi connectivity index (χ3n) is 4.95. The molecule has 1 aromatic carbocycles. The van der Waals surface area contributed by atoms with E-state index >= 15 is 0 Å². The standard InChI is InChI=1S/C20H27N3O3S/c1-22(2)20(24)14-8-10-23(11-9-14)12-15-13-27-19(21-15)16-6-5-7-17(25-3)18(16)26-4/h5-7,13-14H,8-12H2,1-4H3. The molecule has 1 fully saturated rings. The van der Waals surface area contributed by atoms with Gasteiger partial charge in [-0.2, -0.15) is 0 Å². The quantitative estimate of drug-likeness (QED) is 0.760. The van der Waals surface area contributed by atoms with Crippen LogP contribution in [0.3, 0.4) is 0 Å². The molecule has 27 heavy (non-hydrogen) atoms. The highest BCUT2D eigenvalue weighted by Gasteiger charge is 2.26. The first-order chi connectivity index (χ1) is 13.0. The molecule has 6 nitrogen and oxygen atoms in total. The summed E-state index contributed by atoms with van der Waals surface area (Å²) in [6.07, 6.45) is 1.83. The molecule has 1 amide bonds. The maximum Gasteiger partial charge on any atom is 0.225 e. The van der Waals surface area contributed by atoms with Gasteiger partial charge in [0.2, 0.25) is 5.91 Å². The molecule has 1 saturated heterocycles. The number of nitrogens with zero attached hydrogens (tertiary/aromatic N) is 3. The number of benzene rings is 1. The lowest BCUT2D eigenvalue weighted by Crippen LogP contribution is -2.39. The third kappa shape index (κ3) is 4.42. The summed E-state index contributed by atoms with van der Waals surface area (Å²) in [6, 6.07) is 5.84. The molecule has 7 heteroatoms. The van der Waals surface area contributed by atoms with Crippen molar-refractivity contribution in [3.8, 4) is 22.1 Å². The van der Waals surface area contributed by atoms with Gasteiger partial charge in [-0.25, -0.2) is 4.98 Å². The Bertz CT molecular complexity index is 783. The first-order valence-electron chi connectivity index (χ1n) is 9.12. The minimum absolute atomic E-state index is 0.156. The zero-order valence-electron chi connectivity index (χ0n) is 16.4. The fraction of sp³-hybridized carbons (Fsp3) is 0.500. The average molecular weight is 390 g/mol. The van der Waals surface area contributed by atoms with Crippen molar-refractivity contribution in [2.75, 3.05) is 41.4 Å². The fourth-order valence-corrected chi connectivity index (χ4v) is 4.32. The summed E-state index contributed by atoms with van der Waals surface area (Å²) in [6.45, 7) is 2.67. The Labute approximate surface area is 164 Å². The molecule has 1 aromatic heterocycles. The molecule has 0 aliphatic carbocycles. The van der Waals surface area contributed by atoms with Crippen LogP contribution in [0.4, 0.5) is 0 Å². The van der Waals surface area contributed by atoms with Gasteiger partial charge in [0.25, 0.3) is 0 Å². The molecule has 0 N–H and O–H groups in total. The Morgan fingerprint density at radius 3 is 2.63 bits per heavy atom. The van der Waals surface area contributed by atoms with Crippen LogP contribution in [0.25, 0.3) is 10.6 Å². The lowest BCUT2D eigenvalue weighted by atomic mass is 9.95. The van der Waals surface area contributed by atoms with Crippen LogP contribution >= 0.6 is 11.3 Å². The van der Waals surface area contributed by atoms with E-state index in [0.29, 0.717) is 11.5 Å². The maximum absolute atomic E-state index is 12.1. The van der Waals surface area contributed by atoms with Gasteiger partial charge in [-0.05, 0) is 38.1 Å². The molecule has 0 atom stereocenters. The SMILES string of the molecule is COc1cccc(-c2nc(CN3CCC(C(=O)N(C)C)CC3)cs2)c1OC. The molecule has 0 saturated carbocycles. The number of likely N-dealkylation sites (tertiary alicyclic amines) is 1. The van der Waals surface area contributed by atoms with E-state index in [-0.39, 0.29) is 11.8 Å². The van der Waals surface area contributed by atoms with Crippen molar-refractivity contribution in [1.82, 2.24) is 14.8 Å². The fourth-order valence-electron chi connectivity index (χ4n) is 3.49. The van der Waals surface area contributed by atoms with Crippen LogP contribution in [0, 0.1) is 5.92 Å². The van der Waals surface area contributed by atoms with E-state index in [9.17, 15) is 4.79 Å². The second-order valence-corrected chi connectivity index (χ2v) is 7.83. The monoisotopic (exact) mass is 389 g/mol. The highest BCUT2D eigenvalue weighted by Crippen LogP contribution is 2.39. The summed E-state index contributed by atoms with van der Waals surface area (Å²) >= 11 is 1.62. The van der Waals surface area contributed by atoms with Crippen LogP contribution < -0.4 is 9.47 Å². The maximum atomic E-state index is 12.1. The van der Waals surface area contributed by atoms with Crippen molar-refractivity contribution in [2.45, 2.75) is 19.4 Å². The number of carbonyl (C=O) groups is 1. The number of para-hydroxylation sites is 1. The number of ether oxygens (including phenoxy) is 2. The van der Waals surface area contributed by atoms with Gasteiger partial charge in [0.15, 0.2) is 11.5 Å². The minimum Gasteiger partial charge on any atom is -0.493 e. The van der Waals surface area contributed by atoms with Gasteiger partial charge in [0.05, 0.1) is 25.5 Å². The van der Waals surface area contributed by atoms with Gasteiger partial charge in [0.1, 0.15) is 5.01 Å². The molecule has 0 unspecified atom stereocenters. The summed E-state index contributed by atoms with van der Waals surface area (Å²) in [4.78, 5) is 21.0. The topological polar surface area (TPSA) is 54.9 Å². The van der Waals surface area contributed by atoms with E-state index in [1.54, 1.807) is 30.5 Å². The van der Waals surface area contributed by atoms with Gasteiger partial charge in [-0.1, -0.05) is 6.07 Å². The lowest BCUT2D eigenvalue weighted by Gasteiger charge is -2.31. The molecule has 2 heterocycles. The number of carbonyl (C=O) groups excluding carboxylic acids is 1. The van der Waals surface area contributed by atoms with Gasteiger partial charge in [-0.3, -0.25) is 9.69 Å². The van der Waals surface area contributed by atoms with Crippen LogP contribution in [-0.4, -0.2) is 62.1 Å². The van der Waals surface area contributed by atoms with Gasteiger partial charge in [0, 0.05) is 31.9 Å². The van der Waals surface area contributed by atoms with E-state index in [2.05, 4.69) is 10.3 Å². The van der Waals surface area contributed by atoms with Crippen LogP contribution in [0.1, 0.15) is 18.5 Å². The number of methoxy groups -OCH3 is 2. The van der Waals surface area contributed by atoms with Crippen molar-refractivity contribution >= 4 is 17.2 Å². The number of thiazole rings is 1. The van der Waals surface area contributed by atoms with Gasteiger partial charge < -0.3 is 14.4 Å². The zero-order valence-corrected chi connectivity index (χ0v) is 17.2. The van der Waals surface area contributed by atoms with E-state index in [4.69, 9.17) is 14.5 Å². The molecule has 1 aliphatic rings. The summed E-state index contributed by atoms with van der Waals surface area (Å²) in [5.74, 6) is 1.82. The first kappa shape index (κ1) is 19.6. The van der Waals surface area contributed by atoms with Crippen LogP contribution in [0.2, 0.25) is 0 Å². The van der Waals surface area contributed by atoms with Crippen molar-refractivity contribution in [3.05, 3.63) is 29.3 Å². The number of hydrogen-bond acceptors (Lipinski definition) is 6. The summed E-state index contributed by atoms with van der Waals surface area (Å²) in [5, 5.41) is 3.03. The predicted molar refractivity (Wildman–Crippen MR) is 107 cm³/mol. The van der Waals surface area contributed by atoms with Crippen molar-refractivity contribution in [2.24, 2.45) is 5.92 Å². The Balaban J connectivity index is 1.65. The number of amides is 1. The molecule has 0 spiro atoms. The van der Waals surface area contributed by atoms with Crippen LogP contribution in [-0.2, 0) is 11.3 Å². The highest BCUT2D eigenvalue weighted by atomic mass is 32.1. The number of piperidine rings is 1. The van der Waals surface area contributed by atoms with Gasteiger partial charge in [-0.15, -0.1) is 11.3 Å². The third-order valence-corrected chi connectivity index (χ3v) is 5.87. The van der Waals surface area contributed by atoms with Gasteiger partial charge >= 0.3 is 0 Å². The van der Waals surface area contributed by atoms with Crippen molar-refractivity contribution in [1.29, 1.82) is 0 Å². The predicted octanol–water partition coefficient (Wildman–Crippen LogP) is 3.13. The molecule has 1 aliphatic heterocycles. The second kappa shape index (κ2) is 8.71. The van der Waals surface area contributed by atoms with Crippen molar-refractivity contribution < 1.29 is 14.3 Å². The van der Waals surface area contributed by atoms with E-state index in [0.717, 1.165) is 48.7 Å². The summed E-state index contributed by atoms with van der Waals surface area (Å²) in [7, 11) is 6.95. The van der Waals surface area contributed by atoms with Crippen LogP contribution in [0.15, 0.2) is 23.6 Å². The van der Waals surface area contributed by atoms with Crippen LogP contribution in [0.5, 0.6) is 11.5 Å². The highest BCUT2D eigenvalue weighted by molar-refractivity contribution is 7.13. The second-order valence-electron chi connectivity index (χ2n) is 6.97. The smallest absolute Gasteiger partial charge is 0.225 e. The normalized spacial score (nSPS) is 15.6. The number of rotatable bonds is 6. The molecule has 146 valence electrons. The molecule has 0 bridgehead atoms. The molecular formula is C20H27N3O3S. The Hall–Kier alpha value is -2.12. The largest absolute Gasteiger partial charge is 0.493 e. The van der Waals surface area contributed by atoms with Crippen molar-refractivity contribution in [3.63, 3.8) is 0 Å². The Morgan fingerprint density at radius 2 is 2.00 bits per heavy atom. The summed E-state index contributed by atoms with van der Waals surface area (Å²) < 4.78 is 10.9. The van der Waals surface area contributed by atoms with E-state index in [1.807, 2.05) is 32.3 Å². The van der Waals surface area contributed by atoms with E-state index in [1.165, 1.54) is 0 Å². The average Bonchev–Trinajstić information content (AvgIpc) is 3.15. The minimum atomic E-state index is 0.156.